The molecule has 11 heavy (non-hydrogen) atoms. The summed E-state index contributed by atoms with van der Waals surface area (Å²) in [5.74, 6) is 0.436. The van der Waals surface area contributed by atoms with E-state index >= 15 is 0 Å². The Morgan fingerprint density at radius 2 is 2.18 bits per heavy atom. The van der Waals surface area contributed by atoms with Crippen molar-refractivity contribution >= 4 is 11.0 Å². The van der Waals surface area contributed by atoms with Gasteiger partial charge in [-0.3, -0.25) is 0 Å². The summed E-state index contributed by atoms with van der Waals surface area (Å²) in [7, 11) is 1.56. The largest absolute Gasteiger partial charge is 0.468 e. The van der Waals surface area contributed by atoms with Gasteiger partial charge >= 0.3 is 0 Å². The molecule has 0 N–H and O–H groups in total. The minimum atomic E-state index is 0.436. The predicted octanol–water partition coefficient (Wildman–Crippen LogP) is 2.24. The Labute approximate surface area is 64.4 Å². The highest BCUT2D eigenvalue weighted by Crippen LogP contribution is 2.22. The topological polar surface area (TPSA) is 22.4 Å². The Balaban J connectivity index is 2.69. The first-order chi connectivity index (χ1) is 5.40. The van der Waals surface area contributed by atoms with E-state index in [0.29, 0.717) is 5.95 Å². The summed E-state index contributed by atoms with van der Waals surface area (Å²) < 4.78 is 10.1. The third kappa shape index (κ3) is 0.963. The molecule has 0 atom stereocenters. The van der Waals surface area contributed by atoms with Crippen molar-refractivity contribution in [2.24, 2.45) is 0 Å². The number of ether oxygens (including phenoxy) is 1. The number of fused-ring (bicyclic) bond motifs is 1. The monoisotopic (exact) mass is 147 g/mol. The molecule has 0 aliphatic carbocycles. The van der Waals surface area contributed by atoms with Crippen LogP contribution in [0.25, 0.3) is 11.0 Å². The summed E-state index contributed by atoms with van der Waals surface area (Å²) in [6, 6.07) is 10.6. The van der Waals surface area contributed by atoms with Crippen molar-refractivity contribution in [3.63, 3.8) is 0 Å². The number of benzene rings is 1. The fraction of sp³-hybridized carbons (Fsp3) is 0.111. The van der Waals surface area contributed by atoms with Gasteiger partial charge < -0.3 is 9.15 Å². The maximum atomic E-state index is 5.24. The van der Waals surface area contributed by atoms with Crippen LogP contribution in [0.2, 0.25) is 0 Å². The maximum Gasteiger partial charge on any atom is 0.293 e. The molecule has 1 aromatic carbocycles. The summed E-state index contributed by atoms with van der Waals surface area (Å²) in [5, 5.41) is 0.948. The van der Waals surface area contributed by atoms with Crippen molar-refractivity contribution in [1.82, 2.24) is 0 Å². The Morgan fingerprint density at radius 1 is 1.36 bits per heavy atom. The zero-order valence-electron chi connectivity index (χ0n) is 6.13. The lowest BCUT2D eigenvalue weighted by molar-refractivity contribution is 0.315. The highest BCUT2D eigenvalue weighted by atomic mass is 16.6. The van der Waals surface area contributed by atoms with Crippen molar-refractivity contribution in [2.75, 3.05) is 7.11 Å². The predicted molar refractivity (Wildman–Crippen MR) is 41.6 cm³/mol. The van der Waals surface area contributed by atoms with Crippen LogP contribution >= 0.6 is 0 Å². The molecule has 2 nitrogen and oxygen atoms in total. The molecule has 0 saturated heterocycles. The lowest BCUT2D eigenvalue weighted by Crippen LogP contribution is -1.75. The number of methoxy groups -OCH3 is 1. The van der Waals surface area contributed by atoms with E-state index in [-0.39, 0.29) is 0 Å². The second-order valence-electron chi connectivity index (χ2n) is 2.21. The first-order valence-electron chi connectivity index (χ1n) is 3.35. The van der Waals surface area contributed by atoms with Gasteiger partial charge in [0.05, 0.1) is 13.2 Å². The Bertz CT molecular complexity index is 329. The highest BCUT2D eigenvalue weighted by molar-refractivity contribution is 5.77. The van der Waals surface area contributed by atoms with Crippen molar-refractivity contribution in [3.8, 4) is 5.95 Å². The summed E-state index contributed by atoms with van der Waals surface area (Å²) >= 11 is 0. The molecule has 0 fully saturated rings. The Kier molecular flexibility index (Phi) is 1.32. The molecule has 1 heterocycles. The summed E-state index contributed by atoms with van der Waals surface area (Å²) in [6.07, 6.45) is 0. The van der Waals surface area contributed by atoms with E-state index in [1.54, 1.807) is 7.11 Å². The first kappa shape index (κ1) is 6.28. The lowest BCUT2D eigenvalue weighted by atomic mass is 10.3. The van der Waals surface area contributed by atoms with Gasteiger partial charge in [-0.2, -0.15) is 0 Å². The summed E-state index contributed by atoms with van der Waals surface area (Å²) in [6.45, 7) is 0. The number of furan rings is 1. The molecule has 2 heteroatoms. The number of para-hydroxylation sites is 1. The minimum absolute atomic E-state index is 0.436. The smallest absolute Gasteiger partial charge is 0.293 e. The molecule has 55 valence electrons. The fourth-order valence-corrected chi connectivity index (χ4v) is 0.987. The molecular weight excluding hydrogens is 140 g/mol. The maximum absolute atomic E-state index is 5.24. The van der Waals surface area contributed by atoms with E-state index in [4.69, 9.17) is 9.15 Å². The van der Waals surface area contributed by atoms with Crippen LogP contribution in [0.3, 0.4) is 0 Å². The zero-order chi connectivity index (χ0) is 7.68. The molecule has 0 bridgehead atoms. The molecule has 0 aliphatic rings. The van der Waals surface area contributed by atoms with Gasteiger partial charge in [-0.15, -0.1) is 0 Å². The van der Waals surface area contributed by atoms with Crippen LogP contribution in [0.5, 0.6) is 5.95 Å². The average Bonchev–Trinajstić information content (AvgIpc) is 2.46. The van der Waals surface area contributed by atoms with Crippen LogP contribution in [-0.4, -0.2) is 7.11 Å². The Morgan fingerprint density at radius 3 is 2.91 bits per heavy atom. The van der Waals surface area contributed by atoms with Gasteiger partial charge in [-0.1, -0.05) is 18.2 Å². The van der Waals surface area contributed by atoms with E-state index in [1.807, 2.05) is 24.3 Å². The van der Waals surface area contributed by atoms with E-state index in [0.717, 1.165) is 11.0 Å². The highest BCUT2D eigenvalue weighted by Gasteiger charge is 2.01. The van der Waals surface area contributed by atoms with Crippen LogP contribution < -0.4 is 4.74 Å². The Hall–Kier alpha value is -1.44. The molecular formula is C9H7O2. The number of rotatable bonds is 1. The van der Waals surface area contributed by atoms with E-state index in [1.165, 1.54) is 0 Å². The average molecular weight is 147 g/mol. The summed E-state index contributed by atoms with van der Waals surface area (Å²) in [5.41, 5.74) is 0.810. The SMILES string of the molecule is COc1[c]c2ccccc2o1. The third-order valence-electron chi connectivity index (χ3n) is 1.51. The van der Waals surface area contributed by atoms with Gasteiger partial charge in [0, 0.05) is 5.39 Å². The number of hydrogen-bond donors (Lipinski definition) is 0. The van der Waals surface area contributed by atoms with Crippen molar-refractivity contribution in [1.29, 1.82) is 0 Å². The third-order valence-corrected chi connectivity index (χ3v) is 1.51. The van der Waals surface area contributed by atoms with Crippen molar-refractivity contribution < 1.29 is 9.15 Å². The fourth-order valence-electron chi connectivity index (χ4n) is 0.987. The van der Waals surface area contributed by atoms with E-state index in [2.05, 4.69) is 6.07 Å². The van der Waals surface area contributed by atoms with Crippen molar-refractivity contribution in [2.45, 2.75) is 0 Å². The molecule has 0 aliphatic heterocycles. The normalized spacial score (nSPS) is 10.3. The molecule has 0 spiro atoms. The zero-order valence-corrected chi connectivity index (χ0v) is 6.13. The van der Waals surface area contributed by atoms with Gasteiger partial charge in [0.1, 0.15) is 5.58 Å². The second kappa shape index (κ2) is 2.31. The van der Waals surface area contributed by atoms with Gasteiger partial charge in [0.25, 0.3) is 5.95 Å². The van der Waals surface area contributed by atoms with Gasteiger partial charge in [-0.25, -0.2) is 0 Å². The standard InChI is InChI=1S/C9H7O2/c1-10-9-6-7-4-2-3-5-8(7)11-9/h2-5H,1H3. The molecule has 0 unspecified atom stereocenters. The van der Waals surface area contributed by atoms with Crippen LogP contribution in [0.15, 0.2) is 28.7 Å². The molecule has 0 amide bonds. The molecule has 2 aromatic rings. The lowest BCUT2D eigenvalue weighted by Gasteiger charge is -1.86. The molecule has 2 rings (SSSR count). The van der Waals surface area contributed by atoms with Crippen LogP contribution in [-0.2, 0) is 0 Å². The van der Waals surface area contributed by atoms with Crippen LogP contribution in [0.1, 0.15) is 0 Å². The van der Waals surface area contributed by atoms with E-state index < -0.39 is 0 Å². The quantitative estimate of drug-likeness (QED) is 0.617. The second-order valence-corrected chi connectivity index (χ2v) is 2.21. The van der Waals surface area contributed by atoms with Gasteiger partial charge in [0.2, 0.25) is 0 Å². The summed E-state index contributed by atoms with van der Waals surface area (Å²) in [4.78, 5) is 0. The number of hydrogen-bond acceptors (Lipinski definition) is 2. The molecule has 1 radical (unpaired) electrons. The van der Waals surface area contributed by atoms with Crippen LogP contribution in [0, 0.1) is 6.07 Å². The van der Waals surface area contributed by atoms with Crippen molar-refractivity contribution in [3.05, 3.63) is 30.3 Å². The van der Waals surface area contributed by atoms with Gasteiger partial charge in [0.15, 0.2) is 0 Å². The van der Waals surface area contributed by atoms with Crippen LogP contribution in [0.4, 0.5) is 0 Å². The minimum Gasteiger partial charge on any atom is -0.468 e. The molecule has 0 saturated carbocycles. The first-order valence-corrected chi connectivity index (χ1v) is 3.35. The van der Waals surface area contributed by atoms with E-state index in [9.17, 15) is 0 Å². The molecule has 1 aromatic heterocycles. The van der Waals surface area contributed by atoms with Gasteiger partial charge in [-0.05, 0) is 6.07 Å².